The van der Waals surface area contributed by atoms with Crippen LogP contribution in [0, 0.1) is 5.41 Å². The molecule has 1 fully saturated rings. The lowest BCUT2D eigenvalue weighted by atomic mass is 9.87. The van der Waals surface area contributed by atoms with Gasteiger partial charge in [0, 0.05) is 26.2 Å². The minimum Gasteiger partial charge on any atom is -0.480 e. The van der Waals surface area contributed by atoms with Crippen LogP contribution >= 0.6 is 0 Å². The molecular formula is C11H21N3O3. The fourth-order valence-electron chi connectivity index (χ4n) is 1.73. The average molecular weight is 243 g/mol. The molecule has 0 aliphatic carbocycles. The van der Waals surface area contributed by atoms with Crippen LogP contribution in [-0.2, 0) is 4.79 Å². The molecule has 1 rings (SSSR count). The summed E-state index contributed by atoms with van der Waals surface area (Å²) in [6.45, 7) is 8.11. The molecule has 3 N–H and O–H groups in total. The Bertz CT molecular complexity index is 293. The molecule has 1 saturated heterocycles. The van der Waals surface area contributed by atoms with Crippen LogP contribution in [0.4, 0.5) is 4.79 Å². The Morgan fingerprint density at radius 1 is 1.29 bits per heavy atom. The first-order valence-corrected chi connectivity index (χ1v) is 5.81. The number of amides is 2. The van der Waals surface area contributed by atoms with Crippen molar-refractivity contribution in [3.8, 4) is 0 Å². The summed E-state index contributed by atoms with van der Waals surface area (Å²) in [6, 6.07) is -1.17. The second-order valence-corrected chi connectivity index (χ2v) is 5.32. The van der Waals surface area contributed by atoms with Crippen molar-refractivity contribution in [1.82, 2.24) is 15.5 Å². The number of hydrogen-bond donors (Lipinski definition) is 3. The summed E-state index contributed by atoms with van der Waals surface area (Å²) in [5.74, 6) is -0.999. The molecule has 0 aromatic heterocycles. The maximum atomic E-state index is 11.9. The number of carbonyl (C=O) groups excluding carboxylic acids is 1. The summed E-state index contributed by atoms with van der Waals surface area (Å²) in [5, 5.41) is 14.8. The second-order valence-electron chi connectivity index (χ2n) is 5.32. The van der Waals surface area contributed by atoms with E-state index >= 15 is 0 Å². The van der Waals surface area contributed by atoms with E-state index in [1.807, 2.05) is 0 Å². The van der Waals surface area contributed by atoms with Gasteiger partial charge in [0.05, 0.1) is 0 Å². The monoisotopic (exact) mass is 243 g/mol. The lowest BCUT2D eigenvalue weighted by Crippen LogP contribution is -2.56. The molecule has 0 spiro atoms. The number of carbonyl (C=O) groups is 2. The van der Waals surface area contributed by atoms with E-state index in [1.165, 1.54) is 0 Å². The van der Waals surface area contributed by atoms with Crippen molar-refractivity contribution in [2.75, 3.05) is 26.2 Å². The summed E-state index contributed by atoms with van der Waals surface area (Å²) < 4.78 is 0. The number of nitrogens with zero attached hydrogens (tertiary/aromatic N) is 1. The number of piperazine rings is 1. The largest absolute Gasteiger partial charge is 0.480 e. The van der Waals surface area contributed by atoms with Gasteiger partial charge in [-0.25, -0.2) is 9.59 Å². The molecule has 1 aliphatic rings. The normalized spacial score (nSPS) is 18.6. The molecule has 2 amide bonds. The zero-order valence-electron chi connectivity index (χ0n) is 10.6. The van der Waals surface area contributed by atoms with Crippen molar-refractivity contribution in [3.63, 3.8) is 0 Å². The van der Waals surface area contributed by atoms with Gasteiger partial charge in [-0.3, -0.25) is 0 Å². The molecule has 0 bridgehead atoms. The van der Waals surface area contributed by atoms with Crippen LogP contribution < -0.4 is 10.6 Å². The predicted octanol–water partition coefficient (Wildman–Crippen LogP) is 0.101. The van der Waals surface area contributed by atoms with Crippen molar-refractivity contribution in [1.29, 1.82) is 0 Å². The SMILES string of the molecule is CC(C)(C)[C@@H](NC(=O)N1CCNCC1)C(=O)O. The summed E-state index contributed by atoms with van der Waals surface area (Å²) in [5.41, 5.74) is -0.504. The van der Waals surface area contributed by atoms with Crippen molar-refractivity contribution >= 4 is 12.0 Å². The molecule has 6 heteroatoms. The van der Waals surface area contributed by atoms with E-state index in [9.17, 15) is 9.59 Å². The summed E-state index contributed by atoms with van der Waals surface area (Å²) in [7, 11) is 0. The first kappa shape index (κ1) is 13.8. The van der Waals surface area contributed by atoms with E-state index in [2.05, 4.69) is 10.6 Å². The third-order valence-electron chi connectivity index (χ3n) is 2.78. The summed E-state index contributed by atoms with van der Waals surface area (Å²) in [6.07, 6.45) is 0. The van der Waals surface area contributed by atoms with Crippen molar-refractivity contribution in [2.45, 2.75) is 26.8 Å². The Morgan fingerprint density at radius 3 is 2.24 bits per heavy atom. The number of carboxylic acid groups (broad SMARTS) is 1. The van der Waals surface area contributed by atoms with E-state index in [0.29, 0.717) is 13.1 Å². The molecular weight excluding hydrogens is 222 g/mol. The first-order valence-electron chi connectivity index (χ1n) is 5.81. The van der Waals surface area contributed by atoms with Crippen LogP contribution in [0.3, 0.4) is 0 Å². The van der Waals surface area contributed by atoms with Gasteiger partial charge in [-0.15, -0.1) is 0 Å². The Morgan fingerprint density at radius 2 is 1.82 bits per heavy atom. The molecule has 0 saturated carbocycles. The molecule has 1 aliphatic heterocycles. The van der Waals surface area contributed by atoms with Crippen molar-refractivity contribution in [3.05, 3.63) is 0 Å². The number of nitrogens with one attached hydrogen (secondary N) is 2. The molecule has 0 unspecified atom stereocenters. The van der Waals surface area contributed by atoms with Gasteiger partial charge in [-0.2, -0.15) is 0 Å². The molecule has 1 heterocycles. The standard InChI is InChI=1S/C11H21N3O3/c1-11(2,3)8(9(15)16)13-10(17)14-6-4-12-5-7-14/h8,12H,4-7H2,1-3H3,(H,13,17)(H,15,16)/t8-/m0/s1. The number of hydrogen-bond acceptors (Lipinski definition) is 3. The zero-order chi connectivity index (χ0) is 13.1. The Labute approximate surface area is 101 Å². The molecule has 6 nitrogen and oxygen atoms in total. The Balaban J connectivity index is 2.60. The van der Waals surface area contributed by atoms with Gasteiger partial charge in [0.1, 0.15) is 6.04 Å². The molecule has 0 aromatic carbocycles. The molecule has 17 heavy (non-hydrogen) atoms. The highest BCUT2D eigenvalue weighted by atomic mass is 16.4. The van der Waals surface area contributed by atoms with E-state index in [4.69, 9.17) is 5.11 Å². The minimum absolute atomic E-state index is 0.297. The van der Waals surface area contributed by atoms with Gasteiger partial charge < -0.3 is 20.6 Å². The van der Waals surface area contributed by atoms with Crippen LogP contribution in [-0.4, -0.2) is 54.2 Å². The van der Waals surface area contributed by atoms with E-state index in [0.717, 1.165) is 13.1 Å². The molecule has 98 valence electrons. The zero-order valence-corrected chi connectivity index (χ0v) is 10.6. The maximum Gasteiger partial charge on any atom is 0.326 e. The molecule has 0 radical (unpaired) electrons. The second kappa shape index (κ2) is 5.35. The first-order chi connectivity index (χ1) is 7.82. The van der Waals surface area contributed by atoms with Crippen LogP contribution in [0.2, 0.25) is 0 Å². The lowest BCUT2D eigenvalue weighted by molar-refractivity contribution is -0.142. The smallest absolute Gasteiger partial charge is 0.326 e. The highest BCUT2D eigenvalue weighted by Crippen LogP contribution is 2.19. The minimum atomic E-state index is -0.999. The third kappa shape index (κ3) is 3.89. The fourth-order valence-corrected chi connectivity index (χ4v) is 1.73. The predicted molar refractivity (Wildman–Crippen MR) is 63.9 cm³/mol. The lowest BCUT2D eigenvalue weighted by Gasteiger charge is -2.32. The Hall–Kier alpha value is -1.30. The van der Waals surface area contributed by atoms with Crippen LogP contribution in [0.15, 0.2) is 0 Å². The van der Waals surface area contributed by atoms with Gasteiger partial charge >= 0.3 is 12.0 Å². The van der Waals surface area contributed by atoms with Crippen LogP contribution in [0.5, 0.6) is 0 Å². The van der Waals surface area contributed by atoms with Crippen LogP contribution in [0.25, 0.3) is 0 Å². The van der Waals surface area contributed by atoms with Gasteiger partial charge in [0.25, 0.3) is 0 Å². The number of carboxylic acids is 1. The molecule has 1 atom stereocenters. The third-order valence-corrected chi connectivity index (χ3v) is 2.78. The van der Waals surface area contributed by atoms with Crippen molar-refractivity contribution in [2.24, 2.45) is 5.41 Å². The van der Waals surface area contributed by atoms with Gasteiger partial charge in [0.15, 0.2) is 0 Å². The number of urea groups is 1. The number of aliphatic carboxylic acids is 1. The van der Waals surface area contributed by atoms with Gasteiger partial charge in [-0.1, -0.05) is 20.8 Å². The highest BCUT2D eigenvalue weighted by molar-refractivity contribution is 5.83. The maximum absolute atomic E-state index is 11.9. The topological polar surface area (TPSA) is 81.7 Å². The van der Waals surface area contributed by atoms with E-state index < -0.39 is 17.4 Å². The van der Waals surface area contributed by atoms with E-state index in [-0.39, 0.29) is 6.03 Å². The highest BCUT2D eigenvalue weighted by Gasteiger charge is 2.33. The summed E-state index contributed by atoms with van der Waals surface area (Å²) in [4.78, 5) is 24.6. The van der Waals surface area contributed by atoms with Gasteiger partial charge in [-0.05, 0) is 5.41 Å². The van der Waals surface area contributed by atoms with Crippen molar-refractivity contribution < 1.29 is 14.7 Å². The fraction of sp³-hybridized carbons (Fsp3) is 0.818. The van der Waals surface area contributed by atoms with Gasteiger partial charge in [0.2, 0.25) is 0 Å². The Kier molecular flexibility index (Phi) is 4.34. The molecule has 0 aromatic rings. The number of rotatable bonds is 2. The van der Waals surface area contributed by atoms with E-state index in [1.54, 1.807) is 25.7 Å². The quantitative estimate of drug-likeness (QED) is 0.642. The summed E-state index contributed by atoms with van der Waals surface area (Å²) >= 11 is 0. The van der Waals surface area contributed by atoms with Crippen LogP contribution in [0.1, 0.15) is 20.8 Å². The average Bonchev–Trinajstić information content (AvgIpc) is 2.24.